The van der Waals surface area contributed by atoms with Crippen molar-refractivity contribution in [2.24, 2.45) is 0 Å². The van der Waals surface area contributed by atoms with Gasteiger partial charge >= 0.3 is 0 Å². The van der Waals surface area contributed by atoms with E-state index in [-0.39, 0.29) is 0 Å². The Morgan fingerprint density at radius 2 is 0.560 bits per heavy atom. The molecule has 22 rings (SSSR count). The van der Waals surface area contributed by atoms with Gasteiger partial charge in [0, 0.05) is 66.7 Å². The average molecular weight is 1480 g/mol. The predicted octanol–water partition coefficient (Wildman–Crippen LogP) is 29.7. The Balaban J connectivity index is 0.619. The van der Waals surface area contributed by atoms with Gasteiger partial charge in [-0.05, 0) is 198 Å². The number of hydrogen-bond acceptors (Lipinski definition) is 4. The van der Waals surface area contributed by atoms with E-state index in [0.717, 1.165) is 129 Å². The van der Waals surface area contributed by atoms with Crippen LogP contribution >= 0.6 is 0 Å². The van der Waals surface area contributed by atoms with Gasteiger partial charge in [0.15, 0.2) is 0 Å². The Bertz CT molecular complexity index is 7050. The minimum atomic E-state index is -0.681. The highest BCUT2D eigenvalue weighted by Gasteiger charge is 2.48. The van der Waals surface area contributed by atoms with Crippen molar-refractivity contribution in [3.05, 3.63) is 492 Å². The van der Waals surface area contributed by atoms with Crippen LogP contribution in [0.25, 0.3) is 111 Å². The summed E-state index contributed by atoms with van der Waals surface area (Å²) in [6, 6.07) is 159. The van der Waals surface area contributed by atoms with Crippen LogP contribution in [-0.2, 0) is 17.3 Å². The molecule has 0 bridgehead atoms. The molecule has 2 heterocycles. The smallest absolute Gasteiger partial charge is 0.143 e. The molecule has 18 aromatic carbocycles. The Labute approximate surface area is 675 Å². The summed E-state index contributed by atoms with van der Waals surface area (Å²) in [7, 11) is 0. The monoisotopic (exact) mass is 1480 g/mol. The van der Waals surface area contributed by atoms with Crippen LogP contribution in [0.15, 0.2) is 440 Å². The number of anilines is 6. The molecule has 546 valence electrons. The Morgan fingerprint density at radius 3 is 1.05 bits per heavy atom. The molecule has 2 aliphatic rings. The van der Waals surface area contributed by atoms with Crippen LogP contribution in [-0.4, -0.2) is 0 Å². The zero-order valence-electron chi connectivity index (χ0n) is 63.9. The van der Waals surface area contributed by atoms with Crippen LogP contribution in [0.1, 0.15) is 61.2 Å². The number of benzene rings is 18. The van der Waals surface area contributed by atoms with Crippen molar-refractivity contribution >= 4 is 78.0 Å². The Morgan fingerprint density at radius 1 is 0.224 bits per heavy atom. The average Bonchev–Trinajstić information content (AvgIpc) is 1.53. The maximum atomic E-state index is 6.61. The van der Waals surface area contributed by atoms with Gasteiger partial charge < -0.3 is 18.6 Å². The standard InChI is InChI=1S/C112H76N2O2/c1-74-45-65-94-96-67-63-89(72-104(96)111(102(94)69-74,82-27-9-3-10-28-82)83-29-11-4-12-30-83)113(87-59-53-80(54-60-87)92-38-23-40-100-98-36-18-21-43-107(98)115-109(92)100)86-57-51-78(52-58-86)77-49-46-75(47-50-77)70-76-48-66-95-97-68-64-90(73-105(97)112(103(95)71-76,84-31-13-5-14-32-84)85-33-15-6-16-34-85)114(106-42-20-17-35-91(106)79-25-7-2-8-26-79)88-61-55-81(56-62-88)93-39-24-41-101-99-37-19-22-44-108(99)116-110(93)101/h2-69,71-73H,70H2,1H3. The van der Waals surface area contributed by atoms with Gasteiger partial charge in [-0.3, -0.25) is 0 Å². The van der Waals surface area contributed by atoms with Crippen molar-refractivity contribution in [1.82, 2.24) is 0 Å². The molecule has 0 N–H and O–H groups in total. The third-order valence-corrected chi connectivity index (χ3v) is 24.5. The third-order valence-electron chi connectivity index (χ3n) is 24.5. The van der Waals surface area contributed by atoms with E-state index in [2.05, 4.69) is 435 Å². The fraction of sp³-hybridized carbons (Fsp3) is 0.0357. The van der Waals surface area contributed by atoms with Crippen molar-refractivity contribution < 1.29 is 8.83 Å². The van der Waals surface area contributed by atoms with Gasteiger partial charge in [0.05, 0.1) is 16.5 Å². The molecule has 0 atom stereocenters. The van der Waals surface area contributed by atoms with E-state index in [9.17, 15) is 0 Å². The third kappa shape index (κ3) is 11.0. The van der Waals surface area contributed by atoms with E-state index >= 15 is 0 Å². The number of hydrogen-bond donors (Lipinski definition) is 0. The van der Waals surface area contributed by atoms with Gasteiger partial charge in [-0.1, -0.05) is 357 Å². The van der Waals surface area contributed by atoms with E-state index in [1.807, 2.05) is 12.1 Å². The second kappa shape index (κ2) is 27.8. The fourth-order valence-electron chi connectivity index (χ4n) is 19.3. The molecular weight excluding hydrogens is 1410 g/mol. The summed E-state index contributed by atoms with van der Waals surface area (Å²) in [5.41, 5.74) is 36.2. The molecule has 0 spiro atoms. The normalized spacial score (nSPS) is 12.9. The van der Waals surface area contributed by atoms with Crippen LogP contribution in [0.2, 0.25) is 0 Å². The molecule has 0 amide bonds. The molecule has 2 aliphatic carbocycles. The molecule has 2 aromatic heterocycles. The minimum absolute atomic E-state index is 0.579. The van der Waals surface area contributed by atoms with Crippen molar-refractivity contribution in [3.8, 4) is 66.8 Å². The van der Waals surface area contributed by atoms with E-state index in [4.69, 9.17) is 8.83 Å². The Kier molecular flexibility index (Phi) is 16.3. The summed E-state index contributed by atoms with van der Waals surface area (Å²) >= 11 is 0. The molecule has 0 unspecified atom stereocenters. The van der Waals surface area contributed by atoms with E-state index in [0.29, 0.717) is 0 Å². The lowest BCUT2D eigenvalue weighted by Crippen LogP contribution is -2.29. The summed E-state index contributed by atoms with van der Waals surface area (Å²) in [4.78, 5) is 4.89. The van der Waals surface area contributed by atoms with Crippen molar-refractivity contribution in [1.29, 1.82) is 0 Å². The first-order valence-electron chi connectivity index (χ1n) is 40.1. The van der Waals surface area contributed by atoms with E-state index < -0.39 is 10.8 Å². The van der Waals surface area contributed by atoms with Gasteiger partial charge in [0.2, 0.25) is 0 Å². The molecule has 0 saturated carbocycles. The van der Waals surface area contributed by atoms with Crippen LogP contribution < -0.4 is 9.80 Å². The quantitative estimate of drug-likeness (QED) is 0.0965. The van der Waals surface area contributed by atoms with Crippen LogP contribution in [0.4, 0.5) is 34.1 Å². The maximum absolute atomic E-state index is 6.61. The van der Waals surface area contributed by atoms with Gasteiger partial charge in [0.1, 0.15) is 22.3 Å². The number of fused-ring (bicyclic) bond motifs is 12. The lowest BCUT2D eigenvalue weighted by molar-refractivity contribution is 0.669. The summed E-state index contributed by atoms with van der Waals surface area (Å²) < 4.78 is 13.2. The lowest BCUT2D eigenvalue weighted by Gasteiger charge is -2.35. The molecule has 0 fully saturated rings. The minimum Gasteiger partial charge on any atom is -0.455 e. The number of furan rings is 2. The zero-order chi connectivity index (χ0) is 76.8. The first-order chi connectivity index (χ1) is 57.4. The first-order valence-corrected chi connectivity index (χ1v) is 40.1. The SMILES string of the molecule is Cc1ccc2c(c1)C(c1ccccc1)(c1ccccc1)c1cc(N(c3ccc(-c4ccc(Cc5ccc6c(c5)C(c5ccccc5)(c5ccccc5)c5cc(N(c7ccc(-c8cccc9c8oc8ccccc89)cc7)c7ccccc7-c7ccccc7)ccc5-6)cc4)cc3)c3ccc(-c4cccc5c4oc4ccccc45)cc3)ccc1-2. The highest BCUT2D eigenvalue weighted by molar-refractivity contribution is 6.11. The topological polar surface area (TPSA) is 32.8 Å². The van der Waals surface area contributed by atoms with Gasteiger partial charge in [-0.25, -0.2) is 0 Å². The molecule has 4 heteroatoms. The lowest BCUT2D eigenvalue weighted by atomic mass is 9.67. The molecule has 0 radical (unpaired) electrons. The van der Waals surface area contributed by atoms with Crippen molar-refractivity contribution in [2.75, 3.05) is 9.80 Å². The zero-order valence-corrected chi connectivity index (χ0v) is 63.9. The van der Waals surface area contributed by atoms with Crippen LogP contribution in [0.5, 0.6) is 0 Å². The van der Waals surface area contributed by atoms with E-state index in [1.165, 1.54) is 83.5 Å². The van der Waals surface area contributed by atoms with Crippen LogP contribution in [0, 0.1) is 6.92 Å². The fourth-order valence-corrected chi connectivity index (χ4v) is 19.3. The summed E-state index contributed by atoms with van der Waals surface area (Å²) in [5, 5.41) is 4.47. The maximum Gasteiger partial charge on any atom is 0.143 e. The predicted molar refractivity (Wildman–Crippen MR) is 481 cm³/mol. The summed E-state index contributed by atoms with van der Waals surface area (Å²) in [6.45, 7) is 2.21. The molecular formula is C112H76N2O2. The second-order valence-corrected chi connectivity index (χ2v) is 31.0. The largest absolute Gasteiger partial charge is 0.455 e. The summed E-state index contributed by atoms with van der Waals surface area (Å²) in [5.74, 6) is 0. The number of nitrogens with zero attached hydrogens (tertiary/aromatic N) is 2. The van der Waals surface area contributed by atoms with E-state index in [1.54, 1.807) is 0 Å². The Hall–Kier alpha value is -14.8. The van der Waals surface area contributed by atoms with Gasteiger partial charge in [-0.2, -0.15) is 0 Å². The molecule has 0 saturated heterocycles. The number of para-hydroxylation sites is 5. The van der Waals surface area contributed by atoms with Gasteiger partial charge in [-0.15, -0.1) is 0 Å². The first kappa shape index (κ1) is 68.0. The second-order valence-electron chi connectivity index (χ2n) is 31.0. The highest BCUT2D eigenvalue weighted by atomic mass is 16.3. The molecule has 116 heavy (non-hydrogen) atoms. The highest BCUT2D eigenvalue weighted by Crippen LogP contribution is 2.60. The number of rotatable bonds is 16. The number of aryl methyl sites for hydroxylation is 1. The van der Waals surface area contributed by atoms with Crippen LogP contribution in [0.3, 0.4) is 0 Å². The summed E-state index contributed by atoms with van der Waals surface area (Å²) in [6.07, 6.45) is 0.751. The molecule has 0 aliphatic heterocycles. The molecule has 4 nitrogen and oxygen atoms in total. The van der Waals surface area contributed by atoms with Crippen molar-refractivity contribution in [2.45, 2.75) is 24.2 Å². The van der Waals surface area contributed by atoms with Gasteiger partial charge in [0.25, 0.3) is 0 Å². The molecule has 20 aromatic rings. The van der Waals surface area contributed by atoms with Crippen molar-refractivity contribution in [3.63, 3.8) is 0 Å².